The summed E-state index contributed by atoms with van der Waals surface area (Å²) < 4.78 is 72.9. The van der Waals surface area contributed by atoms with Crippen LogP contribution in [0.5, 0.6) is 0 Å². The second kappa shape index (κ2) is 6.85. The van der Waals surface area contributed by atoms with E-state index >= 15 is 0 Å². The van der Waals surface area contributed by atoms with Crippen LogP contribution in [0.1, 0.15) is 18.1 Å². The molecule has 0 unspecified atom stereocenters. The van der Waals surface area contributed by atoms with E-state index in [1.165, 1.54) is 23.6 Å². The van der Waals surface area contributed by atoms with Gasteiger partial charge in [0, 0.05) is 18.3 Å². The SMILES string of the molecule is CCn1c(=O)oc2cc(S(=O)(=O)Nc3ccc(Cl)c(C(F)(F)F)c3)c(C)cc21. The highest BCUT2D eigenvalue weighted by atomic mass is 35.5. The molecule has 6 nitrogen and oxygen atoms in total. The predicted octanol–water partition coefficient (Wildman–Crippen LogP) is 4.40. The van der Waals surface area contributed by atoms with E-state index in [0.29, 0.717) is 23.7 Å². The lowest BCUT2D eigenvalue weighted by Gasteiger charge is -2.14. The Bertz CT molecular complexity index is 1230. The standard InChI is InChI=1S/C17H14ClF3N2O4S/c1-3-23-13-6-9(2)15(8-14(13)27-16(23)24)28(25,26)22-10-4-5-12(18)11(7-10)17(19,20)21/h4-8,22H,3H2,1-2H3. The number of halogens is 4. The van der Waals surface area contributed by atoms with Crippen LogP contribution in [0.25, 0.3) is 11.1 Å². The Hall–Kier alpha value is -2.46. The molecular formula is C17H14ClF3N2O4S. The summed E-state index contributed by atoms with van der Waals surface area (Å²) in [5.41, 5.74) is -0.677. The molecule has 1 heterocycles. The minimum atomic E-state index is -4.74. The molecule has 0 radical (unpaired) electrons. The number of benzene rings is 2. The second-order valence-electron chi connectivity index (χ2n) is 6.00. The number of hydrogen-bond donors (Lipinski definition) is 1. The minimum Gasteiger partial charge on any atom is -0.408 e. The van der Waals surface area contributed by atoms with Crippen molar-refractivity contribution in [1.82, 2.24) is 4.57 Å². The van der Waals surface area contributed by atoms with Crippen LogP contribution in [0.4, 0.5) is 18.9 Å². The first-order valence-electron chi connectivity index (χ1n) is 7.97. The van der Waals surface area contributed by atoms with Gasteiger partial charge in [0.05, 0.1) is 21.0 Å². The number of alkyl halides is 3. The fourth-order valence-corrected chi connectivity index (χ4v) is 4.32. The molecular weight excluding hydrogens is 421 g/mol. The molecule has 0 amide bonds. The number of anilines is 1. The molecule has 3 rings (SSSR count). The van der Waals surface area contributed by atoms with Gasteiger partial charge in [-0.15, -0.1) is 0 Å². The van der Waals surface area contributed by atoms with Crippen molar-refractivity contribution in [3.8, 4) is 0 Å². The monoisotopic (exact) mass is 434 g/mol. The fourth-order valence-electron chi connectivity index (χ4n) is 2.80. The summed E-state index contributed by atoms with van der Waals surface area (Å²) >= 11 is 5.55. The van der Waals surface area contributed by atoms with Gasteiger partial charge in [-0.3, -0.25) is 9.29 Å². The number of hydrogen-bond acceptors (Lipinski definition) is 4. The summed E-state index contributed by atoms with van der Waals surface area (Å²) in [4.78, 5) is 11.6. The number of nitrogens with one attached hydrogen (secondary N) is 1. The highest BCUT2D eigenvalue weighted by Crippen LogP contribution is 2.36. The van der Waals surface area contributed by atoms with E-state index in [2.05, 4.69) is 4.72 Å². The lowest BCUT2D eigenvalue weighted by molar-refractivity contribution is -0.137. The Morgan fingerprint density at radius 1 is 1.21 bits per heavy atom. The average molecular weight is 435 g/mol. The summed E-state index contributed by atoms with van der Waals surface area (Å²) in [6, 6.07) is 5.33. The molecule has 0 aliphatic heterocycles. The number of rotatable bonds is 4. The van der Waals surface area contributed by atoms with Gasteiger partial charge in [-0.1, -0.05) is 11.6 Å². The maximum Gasteiger partial charge on any atom is 0.419 e. The van der Waals surface area contributed by atoms with Crippen molar-refractivity contribution in [1.29, 1.82) is 0 Å². The van der Waals surface area contributed by atoms with Gasteiger partial charge in [-0.05, 0) is 43.7 Å². The van der Waals surface area contributed by atoms with Crippen molar-refractivity contribution in [2.24, 2.45) is 0 Å². The fraction of sp³-hybridized carbons (Fsp3) is 0.235. The molecule has 11 heteroatoms. The number of oxazole rings is 1. The third kappa shape index (κ3) is 3.61. The summed E-state index contributed by atoms with van der Waals surface area (Å²) in [6.07, 6.45) is -4.74. The second-order valence-corrected chi connectivity index (χ2v) is 8.05. The largest absolute Gasteiger partial charge is 0.419 e. The van der Waals surface area contributed by atoms with E-state index < -0.39 is 32.5 Å². The van der Waals surface area contributed by atoms with Crippen molar-refractivity contribution >= 4 is 38.4 Å². The lowest BCUT2D eigenvalue weighted by Crippen LogP contribution is -2.15. The first kappa shape index (κ1) is 20.3. The van der Waals surface area contributed by atoms with Crippen LogP contribution in [-0.4, -0.2) is 13.0 Å². The Kier molecular flexibility index (Phi) is 4.96. The maximum atomic E-state index is 13.0. The number of fused-ring (bicyclic) bond motifs is 1. The average Bonchev–Trinajstić information content (AvgIpc) is 2.88. The molecule has 0 atom stereocenters. The van der Waals surface area contributed by atoms with E-state index in [-0.39, 0.29) is 16.2 Å². The Morgan fingerprint density at radius 2 is 1.89 bits per heavy atom. The molecule has 1 N–H and O–H groups in total. The number of sulfonamides is 1. The minimum absolute atomic E-state index is 0.0601. The molecule has 150 valence electrons. The van der Waals surface area contributed by atoms with E-state index in [4.69, 9.17) is 16.0 Å². The predicted molar refractivity (Wildman–Crippen MR) is 98.1 cm³/mol. The van der Waals surface area contributed by atoms with Crippen molar-refractivity contribution in [2.45, 2.75) is 31.5 Å². The van der Waals surface area contributed by atoms with Crippen molar-refractivity contribution in [2.75, 3.05) is 4.72 Å². The summed E-state index contributed by atoms with van der Waals surface area (Å²) in [5, 5.41) is -0.546. The van der Waals surface area contributed by atoms with Crippen LogP contribution in [-0.2, 0) is 22.7 Å². The van der Waals surface area contributed by atoms with Crippen molar-refractivity contribution in [3.63, 3.8) is 0 Å². The molecule has 2 aromatic carbocycles. The van der Waals surface area contributed by atoms with Crippen LogP contribution < -0.4 is 10.5 Å². The molecule has 0 saturated carbocycles. The van der Waals surface area contributed by atoms with Gasteiger partial charge >= 0.3 is 11.9 Å². The Labute approximate surface area is 162 Å². The normalized spacial score (nSPS) is 12.5. The molecule has 0 aliphatic carbocycles. The number of nitrogens with zero attached hydrogens (tertiary/aromatic N) is 1. The molecule has 0 aliphatic rings. The van der Waals surface area contributed by atoms with E-state index in [9.17, 15) is 26.4 Å². The van der Waals surface area contributed by atoms with Gasteiger partial charge in [-0.25, -0.2) is 13.2 Å². The number of aromatic nitrogens is 1. The van der Waals surface area contributed by atoms with Crippen molar-refractivity contribution < 1.29 is 26.0 Å². The van der Waals surface area contributed by atoms with Gasteiger partial charge in [0.1, 0.15) is 0 Å². The molecule has 1 aromatic heterocycles. The van der Waals surface area contributed by atoms with Gasteiger partial charge in [0.2, 0.25) is 0 Å². The van der Waals surface area contributed by atoms with Gasteiger partial charge in [0.25, 0.3) is 10.0 Å². The maximum absolute atomic E-state index is 13.0. The van der Waals surface area contributed by atoms with E-state index in [1.54, 1.807) is 6.92 Å². The molecule has 28 heavy (non-hydrogen) atoms. The van der Waals surface area contributed by atoms with Gasteiger partial charge in [-0.2, -0.15) is 13.2 Å². The van der Waals surface area contributed by atoms with Gasteiger partial charge in [0.15, 0.2) is 5.58 Å². The highest BCUT2D eigenvalue weighted by molar-refractivity contribution is 7.92. The summed E-state index contributed by atoms with van der Waals surface area (Å²) in [6.45, 7) is 3.58. The van der Waals surface area contributed by atoms with E-state index in [1.807, 2.05) is 0 Å². The lowest BCUT2D eigenvalue weighted by atomic mass is 10.2. The molecule has 3 aromatic rings. The summed E-state index contributed by atoms with van der Waals surface area (Å²) in [5.74, 6) is -0.632. The first-order valence-corrected chi connectivity index (χ1v) is 9.83. The molecule has 0 saturated heterocycles. The molecule has 0 bridgehead atoms. The smallest absolute Gasteiger partial charge is 0.408 e. The van der Waals surface area contributed by atoms with Crippen LogP contribution in [0, 0.1) is 6.92 Å². The zero-order valence-corrected chi connectivity index (χ0v) is 16.2. The quantitative estimate of drug-likeness (QED) is 0.660. The van der Waals surface area contributed by atoms with Crippen molar-refractivity contribution in [3.05, 3.63) is 57.0 Å². The van der Waals surface area contributed by atoms with Crippen LogP contribution in [0.15, 0.2) is 44.4 Å². The third-order valence-corrected chi connectivity index (χ3v) is 5.95. The zero-order valence-electron chi connectivity index (χ0n) is 14.6. The van der Waals surface area contributed by atoms with Crippen LogP contribution in [0.2, 0.25) is 5.02 Å². The highest BCUT2D eigenvalue weighted by Gasteiger charge is 2.33. The Morgan fingerprint density at radius 3 is 2.50 bits per heavy atom. The third-order valence-electron chi connectivity index (χ3n) is 4.09. The summed E-state index contributed by atoms with van der Waals surface area (Å²) in [7, 11) is -4.25. The van der Waals surface area contributed by atoms with Gasteiger partial charge < -0.3 is 4.42 Å². The topological polar surface area (TPSA) is 81.3 Å². The van der Waals surface area contributed by atoms with Crippen LogP contribution in [0.3, 0.4) is 0 Å². The van der Waals surface area contributed by atoms with E-state index in [0.717, 1.165) is 12.1 Å². The molecule has 0 fully saturated rings. The molecule has 0 spiro atoms. The zero-order chi connectivity index (χ0) is 20.9. The first-order chi connectivity index (χ1) is 12.9. The Balaban J connectivity index is 2.07. The van der Waals surface area contributed by atoms with Crippen LogP contribution >= 0.6 is 11.6 Å². The number of aryl methyl sites for hydroxylation is 2.